The summed E-state index contributed by atoms with van der Waals surface area (Å²) in [6, 6.07) is 0. The normalized spacial score (nSPS) is 11.9. The summed E-state index contributed by atoms with van der Waals surface area (Å²) < 4.78 is 16.6. The van der Waals surface area contributed by atoms with Gasteiger partial charge in [0.15, 0.2) is 6.10 Å². The molecule has 0 aliphatic rings. The molecule has 0 radical (unpaired) electrons. The Morgan fingerprint density at radius 3 is 0.942 bits per heavy atom. The molecule has 0 rings (SSSR count). The Balaban J connectivity index is 4.17. The Morgan fingerprint density at radius 2 is 0.635 bits per heavy atom. The van der Waals surface area contributed by atoms with Crippen LogP contribution in [0.1, 0.15) is 252 Å². The molecule has 0 aromatic rings. The maximum atomic E-state index is 12.7. The second-order valence-electron chi connectivity index (χ2n) is 16.2. The van der Waals surface area contributed by atoms with Crippen LogP contribution in [-0.4, -0.2) is 37.2 Å². The van der Waals surface area contributed by atoms with Crippen LogP contribution < -0.4 is 0 Å². The average Bonchev–Trinajstić information content (AvgIpc) is 3.12. The van der Waals surface area contributed by atoms with Gasteiger partial charge in [0, 0.05) is 19.3 Å². The van der Waals surface area contributed by atoms with Crippen molar-refractivity contribution >= 4 is 17.9 Å². The van der Waals surface area contributed by atoms with E-state index in [-0.39, 0.29) is 31.1 Å². The van der Waals surface area contributed by atoms with Crippen molar-refractivity contribution in [3.05, 3.63) is 0 Å². The largest absolute Gasteiger partial charge is 0.462 e. The highest BCUT2D eigenvalue weighted by molar-refractivity contribution is 5.71. The van der Waals surface area contributed by atoms with E-state index < -0.39 is 6.10 Å². The van der Waals surface area contributed by atoms with Gasteiger partial charge >= 0.3 is 17.9 Å². The van der Waals surface area contributed by atoms with E-state index in [1.807, 2.05) is 0 Å². The van der Waals surface area contributed by atoms with Gasteiger partial charge in [-0.15, -0.1) is 0 Å². The number of hydrogen-bond acceptors (Lipinski definition) is 6. The van der Waals surface area contributed by atoms with E-state index in [2.05, 4.69) is 27.7 Å². The van der Waals surface area contributed by atoms with E-state index in [1.54, 1.807) is 0 Å². The third kappa shape index (κ3) is 39.6. The molecule has 0 heterocycles. The zero-order valence-corrected chi connectivity index (χ0v) is 35.3. The van der Waals surface area contributed by atoms with Crippen molar-refractivity contribution in [1.82, 2.24) is 0 Å². The van der Waals surface area contributed by atoms with E-state index in [1.165, 1.54) is 141 Å². The topological polar surface area (TPSA) is 78.9 Å². The van der Waals surface area contributed by atoms with Gasteiger partial charge in [-0.05, 0) is 25.2 Å². The molecule has 0 bridgehead atoms. The lowest BCUT2D eigenvalue weighted by atomic mass is 10.0. The molecule has 0 aromatic carbocycles. The number of esters is 3. The maximum Gasteiger partial charge on any atom is 0.306 e. The third-order valence-electron chi connectivity index (χ3n) is 10.3. The van der Waals surface area contributed by atoms with Crippen LogP contribution in [0.2, 0.25) is 0 Å². The Labute approximate surface area is 323 Å². The smallest absolute Gasteiger partial charge is 0.306 e. The molecule has 0 fully saturated rings. The summed E-state index contributed by atoms with van der Waals surface area (Å²) in [4.78, 5) is 37.5. The van der Waals surface area contributed by atoms with Crippen LogP contribution in [0.15, 0.2) is 0 Å². The molecule has 0 spiro atoms. The lowest BCUT2D eigenvalue weighted by Crippen LogP contribution is -2.30. The number of rotatable bonds is 41. The molecule has 0 amide bonds. The average molecular weight is 737 g/mol. The van der Waals surface area contributed by atoms with Crippen molar-refractivity contribution in [3.8, 4) is 0 Å². The van der Waals surface area contributed by atoms with Gasteiger partial charge in [0.05, 0.1) is 0 Å². The van der Waals surface area contributed by atoms with Crippen LogP contribution in [-0.2, 0) is 28.6 Å². The summed E-state index contributed by atoms with van der Waals surface area (Å²) in [5.41, 5.74) is 0. The summed E-state index contributed by atoms with van der Waals surface area (Å²) in [7, 11) is 0. The fourth-order valence-corrected chi connectivity index (χ4v) is 6.80. The molecule has 1 atom stereocenters. The SMILES string of the molecule is CCCCCCCCCCCCCCCCCC(=O)OC[C@@H](COC(=O)CCCCCCC)OC(=O)CCCCCCCCCCCCCC(C)C. The Hall–Kier alpha value is -1.59. The first-order chi connectivity index (χ1) is 25.4. The molecule has 0 aliphatic carbocycles. The highest BCUT2D eigenvalue weighted by Crippen LogP contribution is 2.16. The van der Waals surface area contributed by atoms with Crippen molar-refractivity contribution < 1.29 is 28.6 Å². The molecule has 308 valence electrons. The van der Waals surface area contributed by atoms with E-state index in [0.717, 1.165) is 70.1 Å². The minimum Gasteiger partial charge on any atom is -0.462 e. The van der Waals surface area contributed by atoms with Crippen molar-refractivity contribution in [3.63, 3.8) is 0 Å². The summed E-state index contributed by atoms with van der Waals surface area (Å²) in [6.07, 6.45) is 39.7. The molecule has 52 heavy (non-hydrogen) atoms. The fraction of sp³-hybridized carbons (Fsp3) is 0.935. The fourth-order valence-electron chi connectivity index (χ4n) is 6.80. The molecular formula is C46H88O6. The zero-order chi connectivity index (χ0) is 38.2. The van der Waals surface area contributed by atoms with Crippen LogP contribution in [0.3, 0.4) is 0 Å². The van der Waals surface area contributed by atoms with Crippen LogP contribution in [0.5, 0.6) is 0 Å². The van der Waals surface area contributed by atoms with Crippen LogP contribution >= 0.6 is 0 Å². The Morgan fingerprint density at radius 1 is 0.365 bits per heavy atom. The molecule has 0 aliphatic heterocycles. The first-order valence-corrected chi connectivity index (χ1v) is 22.9. The zero-order valence-electron chi connectivity index (χ0n) is 35.3. The van der Waals surface area contributed by atoms with E-state index in [4.69, 9.17) is 14.2 Å². The second-order valence-corrected chi connectivity index (χ2v) is 16.2. The monoisotopic (exact) mass is 737 g/mol. The van der Waals surface area contributed by atoms with E-state index >= 15 is 0 Å². The van der Waals surface area contributed by atoms with Crippen molar-refractivity contribution in [2.24, 2.45) is 5.92 Å². The molecule has 0 saturated carbocycles. The number of hydrogen-bond donors (Lipinski definition) is 0. The number of unbranched alkanes of at least 4 members (excludes halogenated alkanes) is 28. The Kier molecular flexibility index (Phi) is 39.4. The lowest BCUT2D eigenvalue weighted by Gasteiger charge is -2.18. The van der Waals surface area contributed by atoms with Crippen LogP contribution in [0.4, 0.5) is 0 Å². The van der Waals surface area contributed by atoms with Gasteiger partial charge < -0.3 is 14.2 Å². The standard InChI is InChI=1S/C46H88O6/c1-5-7-9-11-12-13-14-15-16-17-20-23-26-30-34-38-45(48)51-41-43(40-50-44(47)37-33-28-10-8-6-2)52-46(49)39-35-31-27-24-21-18-19-22-25-29-32-36-42(3)4/h42-43H,5-41H2,1-4H3/t43-/m1/s1. The van der Waals surface area contributed by atoms with Gasteiger partial charge in [-0.1, -0.05) is 214 Å². The molecule has 0 unspecified atom stereocenters. The van der Waals surface area contributed by atoms with E-state index in [0.29, 0.717) is 19.3 Å². The van der Waals surface area contributed by atoms with Crippen molar-refractivity contribution in [1.29, 1.82) is 0 Å². The van der Waals surface area contributed by atoms with Gasteiger partial charge in [-0.2, -0.15) is 0 Å². The molecule has 0 N–H and O–H groups in total. The summed E-state index contributed by atoms with van der Waals surface area (Å²) >= 11 is 0. The third-order valence-corrected chi connectivity index (χ3v) is 10.3. The predicted octanol–water partition coefficient (Wildman–Crippen LogP) is 14.3. The number of carbonyl (C=O) groups excluding carboxylic acids is 3. The number of ether oxygens (including phenoxy) is 3. The molecule has 0 aromatic heterocycles. The number of carbonyl (C=O) groups is 3. The second kappa shape index (κ2) is 40.6. The molecule has 6 heteroatoms. The van der Waals surface area contributed by atoms with E-state index in [9.17, 15) is 14.4 Å². The predicted molar refractivity (Wildman–Crippen MR) is 220 cm³/mol. The van der Waals surface area contributed by atoms with Gasteiger partial charge in [0.25, 0.3) is 0 Å². The minimum absolute atomic E-state index is 0.0647. The van der Waals surface area contributed by atoms with Gasteiger partial charge in [-0.3, -0.25) is 14.4 Å². The molecule has 6 nitrogen and oxygen atoms in total. The maximum absolute atomic E-state index is 12.7. The minimum atomic E-state index is -0.757. The highest BCUT2D eigenvalue weighted by atomic mass is 16.6. The van der Waals surface area contributed by atoms with Crippen molar-refractivity contribution in [2.45, 2.75) is 259 Å². The molecule has 0 saturated heterocycles. The summed E-state index contributed by atoms with van der Waals surface area (Å²) in [5.74, 6) is -0.0424. The quantitative estimate of drug-likeness (QED) is 0.0353. The van der Waals surface area contributed by atoms with Crippen LogP contribution in [0.25, 0.3) is 0 Å². The highest BCUT2D eigenvalue weighted by Gasteiger charge is 2.19. The first-order valence-electron chi connectivity index (χ1n) is 22.9. The van der Waals surface area contributed by atoms with Crippen LogP contribution in [0, 0.1) is 5.92 Å². The summed E-state index contributed by atoms with van der Waals surface area (Å²) in [6.45, 7) is 8.92. The van der Waals surface area contributed by atoms with Gasteiger partial charge in [0.1, 0.15) is 13.2 Å². The Bertz CT molecular complexity index is 781. The first kappa shape index (κ1) is 50.4. The summed E-state index contributed by atoms with van der Waals surface area (Å²) in [5, 5.41) is 0. The molecular weight excluding hydrogens is 648 g/mol. The van der Waals surface area contributed by atoms with Gasteiger partial charge in [0.2, 0.25) is 0 Å². The van der Waals surface area contributed by atoms with Gasteiger partial charge in [-0.25, -0.2) is 0 Å². The van der Waals surface area contributed by atoms with Crippen molar-refractivity contribution in [2.75, 3.05) is 13.2 Å². The lowest BCUT2D eigenvalue weighted by molar-refractivity contribution is -0.167.